The van der Waals surface area contributed by atoms with Crippen LogP contribution in [-0.2, 0) is 6.54 Å². The van der Waals surface area contributed by atoms with Crippen LogP contribution in [0.25, 0.3) is 5.69 Å². The molecule has 0 saturated carbocycles. The van der Waals surface area contributed by atoms with Crippen molar-refractivity contribution in [1.82, 2.24) is 9.47 Å². The Balaban J connectivity index is 1.64. The van der Waals surface area contributed by atoms with Crippen LogP contribution in [0.5, 0.6) is 0 Å². The number of benzene rings is 3. The van der Waals surface area contributed by atoms with Crippen LogP contribution in [0.4, 0.5) is 19.3 Å². The van der Waals surface area contributed by atoms with E-state index in [1.165, 1.54) is 6.07 Å². The molecule has 3 aromatic carbocycles. The molecule has 1 unspecified atom stereocenters. The van der Waals surface area contributed by atoms with E-state index in [0.717, 1.165) is 34.6 Å². The molecule has 160 valence electrons. The molecule has 32 heavy (non-hydrogen) atoms. The number of para-hydroxylation sites is 1. The van der Waals surface area contributed by atoms with Gasteiger partial charge in [-0.3, -0.25) is 0 Å². The van der Waals surface area contributed by atoms with Crippen molar-refractivity contribution in [1.29, 1.82) is 0 Å². The largest absolute Gasteiger partial charge is 0.323 e. The first kappa shape index (κ1) is 20.3. The van der Waals surface area contributed by atoms with Crippen LogP contribution < -0.4 is 5.32 Å². The molecular weight excluding hydrogens is 432 g/mol. The lowest BCUT2D eigenvalue weighted by atomic mass is 10.0. The molecule has 0 fully saturated rings. The smallest absolute Gasteiger partial charge is 0.318 e. The summed E-state index contributed by atoms with van der Waals surface area (Å²) >= 11 is 6.28. The van der Waals surface area contributed by atoms with Crippen LogP contribution in [0.3, 0.4) is 0 Å². The van der Waals surface area contributed by atoms with E-state index in [1.807, 2.05) is 65.4 Å². The first-order valence-electron chi connectivity index (χ1n) is 10.0. The Kier molecular flexibility index (Phi) is 5.15. The van der Waals surface area contributed by atoms with Crippen LogP contribution >= 0.6 is 11.6 Å². The van der Waals surface area contributed by atoms with Crippen LogP contribution in [0.1, 0.15) is 22.9 Å². The molecule has 2 amide bonds. The molecule has 1 aromatic heterocycles. The Morgan fingerprint density at radius 1 is 0.969 bits per heavy atom. The number of fused-ring (bicyclic) bond motifs is 3. The maximum atomic E-state index is 14.3. The number of nitrogens with one attached hydrogen (secondary N) is 1. The number of carbonyl (C=O) groups excluding carboxylic acids is 1. The molecule has 1 N–H and O–H groups in total. The molecule has 1 aliphatic rings. The van der Waals surface area contributed by atoms with E-state index < -0.39 is 23.7 Å². The van der Waals surface area contributed by atoms with Crippen LogP contribution in [0.2, 0.25) is 5.02 Å². The minimum Gasteiger partial charge on any atom is -0.318 e. The Morgan fingerprint density at radius 3 is 2.62 bits per heavy atom. The second-order valence-electron chi connectivity index (χ2n) is 7.57. The molecule has 0 radical (unpaired) electrons. The van der Waals surface area contributed by atoms with Gasteiger partial charge in [-0.15, -0.1) is 0 Å². The van der Waals surface area contributed by atoms with Crippen molar-refractivity contribution in [2.24, 2.45) is 0 Å². The van der Waals surface area contributed by atoms with Gasteiger partial charge in [0.25, 0.3) is 0 Å². The number of hydrogen-bond donors (Lipinski definition) is 1. The number of hydrogen-bond acceptors (Lipinski definition) is 1. The number of anilines is 1. The van der Waals surface area contributed by atoms with E-state index in [-0.39, 0.29) is 12.2 Å². The monoisotopic (exact) mass is 449 g/mol. The number of halogens is 3. The number of aromatic nitrogens is 1. The summed E-state index contributed by atoms with van der Waals surface area (Å²) in [6.45, 7) is 0.281. The Hall–Kier alpha value is -3.64. The third-order valence-corrected chi connectivity index (χ3v) is 5.80. The highest BCUT2D eigenvalue weighted by atomic mass is 35.5. The molecule has 0 aliphatic carbocycles. The van der Waals surface area contributed by atoms with Gasteiger partial charge in [-0.25, -0.2) is 13.6 Å². The maximum Gasteiger partial charge on any atom is 0.323 e. The summed E-state index contributed by atoms with van der Waals surface area (Å²) in [7, 11) is 0. The number of rotatable bonds is 2. The van der Waals surface area contributed by atoms with Gasteiger partial charge >= 0.3 is 6.03 Å². The zero-order chi connectivity index (χ0) is 22.2. The Morgan fingerprint density at radius 2 is 1.81 bits per heavy atom. The van der Waals surface area contributed by atoms with Crippen molar-refractivity contribution < 1.29 is 13.6 Å². The molecule has 0 saturated heterocycles. The average molecular weight is 450 g/mol. The molecule has 4 aromatic rings. The highest BCUT2D eigenvalue weighted by Crippen LogP contribution is 2.37. The molecule has 1 aliphatic heterocycles. The van der Waals surface area contributed by atoms with Gasteiger partial charge in [-0.05, 0) is 53.6 Å². The number of nitrogens with zero attached hydrogens (tertiary/aromatic N) is 2. The fourth-order valence-electron chi connectivity index (χ4n) is 4.14. The fourth-order valence-corrected chi connectivity index (χ4v) is 4.34. The van der Waals surface area contributed by atoms with Crippen molar-refractivity contribution in [3.63, 3.8) is 0 Å². The summed E-state index contributed by atoms with van der Waals surface area (Å²) in [6.07, 6.45) is 1.95. The van der Waals surface area contributed by atoms with Gasteiger partial charge in [0.1, 0.15) is 11.6 Å². The van der Waals surface area contributed by atoms with Crippen molar-refractivity contribution in [2.45, 2.75) is 12.6 Å². The van der Waals surface area contributed by atoms with Gasteiger partial charge < -0.3 is 14.8 Å². The van der Waals surface area contributed by atoms with E-state index in [9.17, 15) is 13.6 Å². The third kappa shape index (κ3) is 3.63. The van der Waals surface area contributed by atoms with Crippen molar-refractivity contribution in [3.8, 4) is 5.69 Å². The molecule has 1 atom stereocenters. The van der Waals surface area contributed by atoms with E-state index in [0.29, 0.717) is 5.02 Å². The lowest BCUT2D eigenvalue weighted by Gasteiger charge is -2.31. The summed E-state index contributed by atoms with van der Waals surface area (Å²) < 4.78 is 29.6. The zero-order valence-corrected chi connectivity index (χ0v) is 17.6. The summed E-state index contributed by atoms with van der Waals surface area (Å²) in [6, 6.07) is 21.1. The number of amides is 2. The van der Waals surface area contributed by atoms with E-state index >= 15 is 0 Å². The molecule has 5 rings (SSSR count). The van der Waals surface area contributed by atoms with Crippen LogP contribution in [0, 0.1) is 11.6 Å². The lowest BCUT2D eigenvalue weighted by Crippen LogP contribution is -2.38. The molecule has 7 heteroatoms. The summed E-state index contributed by atoms with van der Waals surface area (Å²) in [4.78, 5) is 15.1. The van der Waals surface area contributed by atoms with Gasteiger partial charge in [0.2, 0.25) is 0 Å². The average Bonchev–Trinajstić information content (AvgIpc) is 3.20. The first-order chi connectivity index (χ1) is 15.5. The quantitative estimate of drug-likeness (QED) is 0.370. The summed E-state index contributed by atoms with van der Waals surface area (Å²) in [5, 5.41) is 3.15. The summed E-state index contributed by atoms with van der Waals surface area (Å²) in [5.74, 6) is -1.55. The van der Waals surface area contributed by atoms with Gasteiger partial charge in [-0.2, -0.15) is 0 Å². The summed E-state index contributed by atoms with van der Waals surface area (Å²) in [5.41, 5.74) is 3.49. The topological polar surface area (TPSA) is 37.3 Å². The predicted molar refractivity (Wildman–Crippen MR) is 120 cm³/mol. The SMILES string of the molecule is O=C(Nc1ccc(F)cc1F)N1Cc2ccccc2-n2cccc2C1c1cccc(Cl)c1. The standard InChI is InChI=1S/C25H18ClF2N3O/c26-18-7-3-6-16(13-18)24-23-9-4-12-30(23)22-8-2-1-5-17(22)15-31(24)25(32)29-21-11-10-19(27)14-20(21)28/h1-14,24H,15H2,(H,29,32). The third-order valence-electron chi connectivity index (χ3n) is 5.56. The van der Waals surface area contributed by atoms with Gasteiger partial charge in [0, 0.05) is 23.0 Å². The van der Waals surface area contributed by atoms with Crippen LogP contribution in [0.15, 0.2) is 85.1 Å². The maximum absolute atomic E-state index is 14.3. The second kappa shape index (κ2) is 8.13. The zero-order valence-electron chi connectivity index (χ0n) is 16.8. The highest BCUT2D eigenvalue weighted by Gasteiger charge is 2.33. The van der Waals surface area contributed by atoms with E-state index in [2.05, 4.69) is 5.32 Å². The van der Waals surface area contributed by atoms with Crippen LogP contribution in [-0.4, -0.2) is 15.5 Å². The minimum absolute atomic E-state index is 0.0887. The number of carbonyl (C=O) groups is 1. The van der Waals surface area contributed by atoms with Gasteiger partial charge in [0.05, 0.1) is 24.0 Å². The molecular formula is C25H18ClF2N3O. The lowest BCUT2D eigenvalue weighted by molar-refractivity contribution is 0.194. The fraction of sp³-hybridized carbons (Fsp3) is 0.0800. The minimum atomic E-state index is -0.837. The predicted octanol–water partition coefficient (Wildman–Crippen LogP) is 6.55. The normalized spacial score (nSPS) is 15.0. The Bertz CT molecular complexity index is 1320. The van der Waals surface area contributed by atoms with Gasteiger partial charge in [-0.1, -0.05) is 41.9 Å². The van der Waals surface area contributed by atoms with Crippen molar-refractivity contribution in [2.75, 3.05) is 5.32 Å². The van der Waals surface area contributed by atoms with Crippen molar-refractivity contribution in [3.05, 3.63) is 119 Å². The van der Waals surface area contributed by atoms with Crippen molar-refractivity contribution >= 4 is 23.3 Å². The first-order valence-corrected chi connectivity index (χ1v) is 10.4. The molecule has 2 heterocycles. The van der Waals surface area contributed by atoms with Gasteiger partial charge in [0.15, 0.2) is 0 Å². The second-order valence-corrected chi connectivity index (χ2v) is 8.01. The van der Waals surface area contributed by atoms with E-state index in [4.69, 9.17) is 11.6 Å². The van der Waals surface area contributed by atoms with E-state index in [1.54, 1.807) is 11.0 Å². The highest BCUT2D eigenvalue weighted by molar-refractivity contribution is 6.30. The molecule has 0 spiro atoms. The molecule has 4 nitrogen and oxygen atoms in total. The Labute approximate surface area is 188 Å². The number of urea groups is 1. The molecule has 0 bridgehead atoms.